The highest BCUT2D eigenvalue weighted by atomic mass is 32.2. The summed E-state index contributed by atoms with van der Waals surface area (Å²) in [5, 5.41) is 5.91. The number of halogens is 1. The van der Waals surface area contributed by atoms with Crippen LogP contribution in [0.2, 0.25) is 0 Å². The number of carbonyl (C=O) groups is 1. The number of carbonyl (C=O) groups excluding carboxylic acids is 1. The summed E-state index contributed by atoms with van der Waals surface area (Å²) in [4.78, 5) is 23.0. The van der Waals surface area contributed by atoms with Gasteiger partial charge in [-0.05, 0) is 49.2 Å². The maximum atomic E-state index is 14.5. The van der Waals surface area contributed by atoms with Crippen molar-refractivity contribution in [1.82, 2.24) is 14.3 Å². The van der Waals surface area contributed by atoms with Gasteiger partial charge in [0, 0.05) is 36.4 Å². The summed E-state index contributed by atoms with van der Waals surface area (Å²) in [7, 11) is -1.89. The Bertz CT molecular complexity index is 1410. The lowest BCUT2D eigenvalue weighted by atomic mass is 10.2. The Kier molecular flexibility index (Phi) is 6.82. The van der Waals surface area contributed by atoms with Gasteiger partial charge in [0.25, 0.3) is 0 Å². The second-order valence-corrected chi connectivity index (χ2v) is 11.5. The third kappa shape index (κ3) is 5.01. The fourth-order valence-corrected chi connectivity index (χ4v) is 6.66. The zero-order valence-electron chi connectivity index (χ0n) is 19.6. The van der Waals surface area contributed by atoms with Gasteiger partial charge in [-0.2, -0.15) is 9.29 Å². The summed E-state index contributed by atoms with van der Waals surface area (Å²) in [6, 6.07) is 11.9. The topological polar surface area (TPSA) is 108 Å². The Morgan fingerprint density at radius 3 is 2.61 bits per heavy atom. The number of benzene rings is 2. The maximum Gasteiger partial charge on any atom is 0.243 e. The van der Waals surface area contributed by atoms with Crippen LogP contribution in [0.3, 0.4) is 0 Å². The highest BCUT2D eigenvalue weighted by Gasteiger charge is 2.26. The van der Waals surface area contributed by atoms with E-state index >= 15 is 0 Å². The van der Waals surface area contributed by atoms with Gasteiger partial charge in [-0.25, -0.2) is 17.8 Å². The first-order valence-electron chi connectivity index (χ1n) is 11.5. The lowest BCUT2D eigenvalue weighted by Crippen LogP contribution is -2.35. The molecule has 1 fully saturated rings. The first-order valence-corrected chi connectivity index (χ1v) is 13.9. The van der Waals surface area contributed by atoms with Gasteiger partial charge >= 0.3 is 0 Å². The van der Waals surface area contributed by atoms with E-state index in [0.717, 1.165) is 36.0 Å². The second kappa shape index (κ2) is 10.0. The molecule has 2 aliphatic heterocycles. The number of fused-ring (bicyclic) bond motifs is 1. The van der Waals surface area contributed by atoms with Crippen LogP contribution in [0.4, 0.5) is 33.2 Å². The van der Waals surface area contributed by atoms with E-state index in [1.54, 1.807) is 42.3 Å². The van der Waals surface area contributed by atoms with Gasteiger partial charge in [0.05, 0.1) is 22.5 Å². The van der Waals surface area contributed by atoms with Crippen LogP contribution in [-0.2, 0) is 14.8 Å². The van der Waals surface area contributed by atoms with Crippen molar-refractivity contribution >= 4 is 56.5 Å². The fourth-order valence-electron chi connectivity index (χ4n) is 4.12. The number of amides is 1. The van der Waals surface area contributed by atoms with Gasteiger partial charge in [-0.3, -0.25) is 4.79 Å². The quantitative estimate of drug-likeness (QED) is 0.486. The summed E-state index contributed by atoms with van der Waals surface area (Å²) in [5.41, 5.74) is 1.77. The van der Waals surface area contributed by atoms with Gasteiger partial charge in [0.15, 0.2) is 11.6 Å². The van der Waals surface area contributed by atoms with Crippen molar-refractivity contribution in [1.29, 1.82) is 0 Å². The van der Waals surface area contributed by atoms with Crippen molar-refractivity contribution in [2.75, 3.05) is 41.4 Å². The molecule has 1 amide bonds. The lowest BCUT2D eigenvalue weighted by Gasteiger charge is -2.26. The minimum absolute atomic E-state index is 0.00566. The molecule has 2 N–H and O–H groups in total. The largest absolute Gasteiger partial charge is 0.338 e. The molecule has 3 aromatic rings. The molecule has 2 aliphatic rings. The number of anilines is 5. The van der Waals surface area contributed by atoms with E-state index in [1.807, 2.05) is 6.07 Å². The average molecular weight is 529 g/mol. The first-order chi connectivity index (χ1) is 17.3. The van der Waals surface area contributed by atoms with Crippen LogP contribution in [0.1, 0.15) is 19.3 Å². The third-order valence-corrected chi connectivity index (χ3v) is 9.04. The maximum absolute atomic E-state index is 14.5. The number of piperidine rings is 1. The molecule has 1 saturated heterocycles. The monoisotopic (exact) mass is 528 g/mol. The predicted octanol–water partition coefficient (Wildman–Crippen LogP) is 4.35. The molecular formula is C24H25FN6O3S2. The van der Waals surface area contributed by atoms with Crippen LogP contribution < -0.4 is 15.5 Å². The lowest BCUT2D eigenvalue weighted by molar-refractivity contribution is -0.116. The number of hydrogen-bond donors (Lipinski definition) is 2. The van der Waals surface area contributed by atoms with Gasteiger partial charge in [0.1, 0.15) is 0 Å². The standard InChI is InChI=1S/C24H25FN6O3S2/c1-30-20-13-17(8-9-21(20)35-15-22(30)32)27-23-19(25)14-26-24(29-23)28-16-6-5-7-18(12-16)36(33,34)31-10-3-2-4-11-31/h5-9,12-14H,2-4,10-11,15H2,1H3,(H2,26,27,28,29). The van der Waals surface area contributed by atoms with Crippen molar-refractivity contribution in [3.05, 3.63) is 54.5 Å². The fraction of sp³-hybridized carbons (Fsp3) is 0.292. The highest BCUT2D eigenvalue weighted by molar-refractivity contribution is 8.00. The molecule has 0 bridgehead atoms. The van der Waals surface area contributed by atoms with Gasteiger partial charge in [0.2, 0.25) is 21.9 Å². The molecule has 0 spiro atoms. The number of sulfonamides is 1. The van der Waals surface area contributed by atoms with Gasteiger partial charge in [-0.1, -0.05) is 12.5 Å². The van der Waals surface area contributed by atoms with Crippen LogP contribution in [0, 0.1) is 5.82 Å². The molecule has 1 aromatic heterocycles. The molecular weight excluding hydrogens is 503 g/mol. The van der Waals surface area contributed by atoms with Crippen molar-refractivity contribution in [2.24, 2.45) is 0 Å². The second-order valence-electron chi connectivity index (χ2n) is 8.56. The summed E-state index contributed by atoms with van der Waals surface area (Å²) in [6.45, 7) is 1.03. The predicted molar refractivity (Wildman–Crippen MR) is 138 cm³/mol. The molecule has 0 unspecified atom stereocenters. The minimum atomic E-state index is -3.60. The minimum Gasteiger partial charge on any atom is -0.338 e. The smallest absolute Gasteiger partial charge is 0.243 e. The Labute approximate surface area is 213 Å². The van der Waals surface area contributed by atoms with Crippen molar-refractivity contribution < 1.29 is 17.6 Å². The van der Waals surface area contributed by atoms with E-state index in [-0.39, 0.29) is 22.6 Å². The van der Waals surface area contributed by atoms with Crippen LogP contribution in [-0.4, -0.2) is 54.5 Å². The Balaban J connectivity index is 1.36. The summed E-state index contributed by atoms with van der Waals surface area (Å²) < 4.78 is 42.1. The molecule has 9 nitrogen and oxygen atoms in total. The number of nitrogens with one attached hydrogen (secondary N) is 2. The van der Waals surface area contributed by atoms with E-state index in [1.165, 1.54) is 22.1 Å². The molecule has 12 heteroatoms. The SMILES string of the molecule is CN1C(=O)CSc2ccc(Nc3nc(Nc4cccc(S(=O)(=O)N5CCCCC5)c4)ncc3F)cc21. The molecule has 0 radical (unpaired) electrons. The number of thioether (sulfide) groups is 1. The average Bonchev–Trinajstić information content (AvgIpc) is 2.89. The van der Waals surface area contributed by atoms with E-state index in [9.17, 15) is 17.6 Å². The van der Waals surface area contributed by atoms with Crippen LogP contribution in [0.5, 0.6) is 0 Å². The molecule has 5 rings (SSSR count). The number of nitrogens with zero attached hydrogens (tertiary/aromatic N) is 4. The Morgan fingerprint density at radius 1 is 1.03 bits per heavy atom. The number of rotatable bonds is 6. The van der Waals surface area contributed by atoms with E-state index < -0.39 is 15.8 Å². The third-order valence-electron chi connectivity index (χ3n) is 6.10. The van der Waals surface area contributed by atoms with Crippen molar-refractivity contribution in [3.8, 4) is 0 Å². The van der Waals surface area contributed by atoms with E-state index in [2.05, 4.69) is 20.6 Å². The van der Waals surface area contributed by atoms with E-state index in [0.29, 0.717) is 30.2 Å². The summed E-state index contributed by atoms with van der Waals surface area (Å²) in [5.74, 6) is -0.228. The van der Waals surface area contributed by atoms with Crippen LogP contribution in [0.15, 0.2) is 58.5 Å². The molecule has 2 aromatic carbocycles. The first kappa shape index (κ1) is 24.5. The van der Waals surface area contributed by atoms with Crippen molar-refractivity contribution in [3.63, 3.8) is 0 Å². The van der Waals surface area contributed by atoms with Crippen LogP contribution in [0.25, 0.3) is 0 Å². The Hall–Kier alpha value is -3.22. The van der Waals surface area contributed by atoms with Gasteiger partial charge < -0.3 is 15.5 Å². The molecule has 0 saturated carbocycles. The number of hydrogen-bond acceptors (Lipinski definition) is 8. The molecule has 36 heavy (non-hydrogen) atoms. The molecule has 188 valence electrons. The normalized spacial score (nSPS) is 16.5. The summed E-state index contributed by atoms with van der Waals surface area (Å²) in [6.07, 6.45) is 3.78. The highest BCUT2D eigenvalue weighted by Crippen LogP contribution is 2.37. The number of aromatic nitrogens is 2. The molecule has 0 atom stereocenters. The van der Waals surface area contributed by atoms with E-state index in [4.69, 9.17) is 0 Å². The zero-order chi connectivity index (χ0) is 25.3. The van der Waals surface area contributed by atoms with Crippen LogP contribution >= 0.6 is 11.8 Å². The Morgan fingerprint density at radius 2 is 1.81 bits per heavy atom. The zero-order valence-corrected chi connectivity index (χ0v) is 21.2. The van der Waals surface area contributed by atoms with Crippen molar-refractivity contribution in [2.45, 2.75) is 29.1 Å². The summed E-state index contributed by atoms with van der Waals surface area (Å²) >= 11 is 1.46. The molecule has 3 heterocycles. The van der Waals surface area contributed by atoms with Gasteiger partial charge in [-0.15, -0.1) is 11.8 Å². The molecule has 0 aliphatic carbocycles.